The molecule has 1 aliphatic heterocycles. The monoisotopic (exact) mass is 549 g/mol. The summed E-state index contributed by atoms with van der Waals surface area (Å²) in [5.74, 6) is 1.03. The van der Waals surface area contributed by atoms with E-state index in [4.69, 9.17) is 16.3 Å². The molecule has 1 unspecified atom stereocenters. The number of alkyl halides is 3. The summed E-state index contributed by atoms with van der Waals surface area (Å²) in [6.45, 7) is 8.29. The lowest BCUT2D eigenvalue weighted by atomic mass is 10.1. The summed E-state index contributed by atoms with van der Waals surface area (Å²) in [4.78, 5) is 10.4. The van der Waals surface area contributed by atoms with Gasteiger partial charge in [0.2, 0.25) is 0 Å². The number of halogens is 5. The summed E-state index contributed by atoms with van der Waals surface area (Å²) in [6, 6.07) is 0.992. The Balaban J connectivity index is 0.00000420. The van der Waals surface area contributed by atoms with Crippen molar-refractivity contribution in [2.45, 2.75) is 45.0 Å². The molecular weight excluding hydrogens is 522 g/mol. The van der Waals surface area contributed by atoms with Gasteiger partial charge in [0.1, 0.15) is 5.82 Å². The Hall–Kier alpha value is -1.01. The lowest BCUT2D eigenvalue weighted by Crippen LogP contribution is -2.45. The first-order valence-electron chi connectivity index (χ1n) is 9.13. The van der Waals surface area contributed by atoms with Crippen LogP contribution in [0, 0.1) is 0 Å². The summed E-state index contributed by atoms with van der Waals surface area (Å²) < 4.78 is 43.7. The summed E-state index contributed by atoms with van der Waals surface area (Å²) in [6.07, 6.45) is -2.85. The highest BCUT2D eigenvalue weighted by molar-refractivity contribution is 14.0. The number of methoxy groups -OCH3 is 1. The molecule has 0 aliphatic carbocycles. The third-order valence-corrected chi connectivity index (χ3v) is 4.77. The second kappa shape index (κ2) is 10.9. The molecule has 166 valence electrons. The molecule has 2 N–H and O–H groups in total. The molecule has 29 heavy (non-hydrogen) atoms. The number of guanidine groups is 1. The van der Waals surface area contributed by atoms with Crippen LogP contribution in [0.2, 0.25) is 5.02 Å². The number of aromatic nitrogens is 1. The van der Waals surface area contributed by atoms with Crippen LogP contribution >= 0.6 is 35.6 Å². The van der Waals surface area contributed by atoms with Crippen LogP contribution in [-0.2, 0) is 10.9 Å². The van der Waals surface area contributed by atoms with Gasteiger partial charge in [-0.15, -0.1) is 24.0 Å². The summed E-state index contributed by atoms with van der Waals surface area (Å²) in [5.41, 5.74) is -1.22. The number of hydrogen-bond acceptors (Lipinski definition) is 4. The molecule has 0 bridgehead atoms. The molecule has 2 heterocycles. The second-order valence-electron chi connectivity index (χ2n) is 7.26. The average Bonchev–Trinajstić information content (AvgIpc) is 3.07. The number of anilines is 1. The van der Waals surface area contributed by atoms with Crippen molar-refractivity contribution < 1.29 is 17.9 Å². The molecule has 0 radical (unpaired) electrons. The fourth-order valence-electron chi connectivity index (χ4n) is 2.74. The first-order valence-corrected chi connectivity index (χ1v) is 9.51. The number of nitrogens with zero attached hydrogens (tertiary/aromatic N) is 3. The molecular formula is C18H28ClF3IN5O. The van der Waals surface area contributed by atoms with Crippen LogP contribution in [0.3, 0.4) is 0 Å². The van der Waals surface area contributed by atoms with E-state index in [2.05, 4.69) is 20.6 Å². The van der Waals surface area contributed by atoms with E-state index >= 15 is 0 Å². The first-order chi connectivity index (χ1) is 13.1. The third-order valence-electron chi connectivity index (χ3n) is 4.49. The van der Waals surface area contributed by atoms with Crippen molar-refractivity contribution in [2.24, 2.45) is 4.99 Å². The zero-order valence-corrected chi connectivity index (χ0v) is 20.0. The van der Waals surface area contributed by atoms with Crippen molar-refractivity contribution in [3.8, 4) is 0 Å². The van der Waals surface area contributed by atoms with Gasteiger partial charge in [-0.1, -0.05) is 11.6 Å². The summed E-state index contributed by atoms with van der Waals surface area (Å²) in [7, 11) is 1.64. The number of hydrogen-bond donors (Lipinski definition) is 2. The smallest absolute Gasteiger partial charge is 0.377 e. The number of rotatable bonds is 6. The summed E-state index contributed by atoms with van der Waals surface area (Å²) in [5, 5.41) is 6.55. The van der Waals surface area contributed by atoms with Gasteiger partial charge in [-0.2, -0.15) is 13.2 Å². The van der Waals surface area contributed by atoms with Gasteiger partial charge in [0, 0.05) is 39.0 Å². The predicted octanol–water partition coefficient (Wildman–Crippen LogP) is 3.93. The Kier molecular flexibility index (Phi) is 9.74. The van der Waals surface area contributed by atoms with Gasteiger partial charge in [0.15, 0.2) is 5.96 Å². The van der Waals surface area contributed by atoms with Gasteiger partial charge in [0.25, 0.3) is 0 Å². The van der Waals surface area contributed by atoms with Gasteiger partial charge in [-0.25, -0.2) is 4.98 Å². The highest BCUT2D eigenvalue weighted by Crippen LogP contribution is 2.34. The SMILES string of the molecule is CCNC(=NCC(C)(C)OC)NC1CCN(c2ncc(C(F)(F)F)cc2Cl)C1.I. The molecule has 6 nitrogen and oxygen atoms in total. The standard InChI is InChI=1S/C18H27ClF3N5O.HI/c1-5-23-16(25-11-17(2,3)28-4)26-13-6-7-27(10-13)15-14(19)8-12(9-24-15)18(20,21)22;/h8-9,13H,5-7,10-11H2,1-4H3,(H2,23,25,26);1H. The van der Waals surface area contributed by atoms with Crippen molar-refractivity contribution in [3.05, 3.63) is 22.8 Å². The van der Waals surface area contributed by atoms with Crippen LogP contribution < -0.4 is 15.5 Å². The molecule has 0 spiro atoms. The number of aliphatic imine (C=N–C) groups is 1. The van der Waals surface area contributed by atoms with Crippen molar-refractivity contribution in [2.75, 3.05) is 38.2 Å². The van der Waals surface area contributed by atoms with E-state index in [0.717, 1.165) is 18.7 Å². The van der Waals surface area contributed by atoms with Crippen LogP contribution in [-0.4, -0.2) is 55.9 Å². The second-order valence-corrected chi connectivity index (χ2v) is 7.67. The molecule has 1 aromatic rings. The maximum Gasteiger partial charge on any atom is 0.417 e. The normalized spacial score (nSPS) is 17.9. The zero-order valence-electron chi connectivity index (χ0n) is 16.9. The topological polar surface area (TPSA) is 61.8 Å². The lowest BCUT2D eigenvalue weighted by Gasteiger charge is -2.23. The molecule has 1 aromatic heterocycles. The van der Waals surface area contributed by atoms with E-state index in [0.29, 0.717) is 38.0 Å². The van der Waals surface area contributed by atoms with Crippen molar-refractivity contribution in [3.63, 3.8) is 0 Å². The molecule has 11 heteroatoms. The lowest BCUT2D eigenvalue weighted by molar-refractivity contribution is -0.137. The molecule has 1 atom stereocenters. The largest absolute Gasteiger partial charge is 0.417 e. The van der Waals surface area contributed by atoms with E-state index in [1.165, 1.54) is 0 Å². The van der Waals surface area contributed by atoms with Gasteiger partial charge in [-0.3, -0.25) is 4.99 Å². The van der Waals surface area contributed by atoms with Crippen molar-refractivity contribution in [1.29, 1.82) is 0 Å². The average molecular weight is 550 g/mol. The maximum atomic E-state index is 12.8. The minimum atomic E-state index is -4.46. The van der Waals surface area contributed by atoms with E-state index in [1.54, 1.807) is 7.11 Å². The van der Waals surface area contributed by atoms with Crippen molar-refractivity contribution >= 4 is 47.4 Å². The number of ether oxygens (including phenoxy) is 1. The first kappa shape index (κ1) is 26.0. The van der Waals surface area contributed by atoms with Gasteiger partial charge in [-0.05, 0) is 33.3 Å². The number of nitrogens with one attached hydrogen (secondary N) is 2. The van der Waals surface area contributed by atoms with Crippen LogP contribution in [0.25, 0.3) is 0 Å². The van der Waals surface area contributed by atoms with Crippen LogP contribution in [0.15, 0.2) is 17.3 Å². The molecule has 0 aromatic carbocycles. The van der Waals surface area contributed by atoms with Gasteiger partial charge >= 0.3 is 6.18 Å². The molecule has 1 aliphatic rings. The summed E-state index contributed by atoms with van der Waals surface area (Å²) >= 11 is 6.06. The Bertz CT molecular complexity index is 703. The molecule has 0 saturated carbocycles. The van der Waals surface area contributed by atoms with Crippen LogP contribution in [0.4, 0.5) is 19.0 Å². The Labute approximate surface area is 191 Å². The minimum absolute atomic E-state index is 0. The molecule has 2 rings (SSSR count). The highest BCUT2D eigenvalue weighted by Gasteiger charge is 2.33. The molecule has 1 fully saturated rings. The fraction of sp³-hybridized carbons (Fsp3) is 0.667. The van der Waals surface area contributed by atoms with E-state index in [-0.39, 0.29) is 40.6 Å². The minimum Gasteiger partial charge on any atom is -0.377 e. The highest BCUT2D eigenvalue weighted by atomic mass is 127. The van der Waals surface area contributed by atoms with Crippen molar-refractivity contribution in [1.82, 2.24) is 15.6 Å². The van der Waals surface area contributed by atoms with Crippen LogP contribution in [0.5, 0.6) is 0 Å². The third kappa shape index (κ3) is 7.63. The Morgan fingerprint density at radius 2 is 2.10 bits per heavy atom. The quantitative estimate of drug-likeness (QED) is 0.320. The molecule has 1 saturated heterocycles. The van der Waals surface area contributed by atoms with Gasteiger partial charge in [0.05, 0.1) is 22.7 Å². The molecule has 0 amide bonds. The fourth-order valence-corrected chi connectivity index (χ4v) is 3.02. The van der Waals surface area contributed by atoms with Gasteiger partial charge < -0.3 is 20.3 Å². The Morgan fingerprint density at radius 1 is 1.41 bits per heavy atom. The van der Waals surface area contributed by atoms with E-state index in [9.17, 15) is 13.2 Å². The van der Waals surface area contributed by atoms with E-state index < -0.39 is 11.7 Å². The zero-order chi connectivity index (χ0) is 20.9. The Morgan fingerprint density at radius 3 is 2.66 bits per heavy atom. The maximum absolute atomic E-state index is 12.8. The predicted molar refractivity (Wildman–Crippen MR) is 120 cm³/mol. The number of pyridine rings is 1. The van der Waals surface area contributed by atoms with E-state index in [1.807, 2.05) is 25.7 Å². The van der Waals surface area contributed by atoms with Crippen LogP contribution in [0.1, 0.15) is 32.8 Å².